The minimum atomic E-state index is -1.88. The fourth-order valence-corrected chi connectivity index (χ4v) is 3.56. The molecule has 130 valence electrons. The van der Waals surface area contributed by atoms with Crippen molar-refractivity contribution in [3.8, 4) is 0 Å². The molecule has 0 aliphatic rings. The van der Waals surface area contributed by atoms with Crippen molar-refractivity contribution >= 4 is 8.32 Å². The summed E-state index contributed by atoms with van der Waals surface area (Å²) in [6, 6.07) is 0. The van der Waals surface area contributed by atoms with Crippen molar-refractivity contribution in [3.63, 3.8) is 0 Å². The van der Waals surface area contributed by atoms with Crippen LogP contribution in [0.5, 0.6) is 0 Å². The molecule has 0 rings (SSSR count). The van der Waals surface area contributed by atoms with E-state index in [9.17, 15) is 0 Å². The molecule has 0 amide bonds. The van der Waals surface area contributed by atoms with Crippen molar-refractivity contribution in [3.05, 3.63) is 24.3 Å². The van der Waals surface area contributed by atoms with Crippen LogP contribution in [0.25, 0.3) is 0 Å². The standard InChI is InChI=1S/C18H36O3Si/c1-11-16(20-8)17(15(3)12-14(2)13-19-7)21-22(9,10)18(4,5)6/h11-12,15-17H,1,13H2,2-10H3/t15-,16+,17+/m1/s1. The van der Waals surface area contributed by atoms with E-state index in [2.05, 4.69) is 60.4 Å². The Morgan fingerprint density at radius 2 is 1.77 bits per heavy atom. The topological polar surface area (TPSA) is 27.7 Å². The summed E-state index contributed by atoms with van der Waals surface area (Å²) in [6.07, 6.45) is 3.91. The van der Waals surface area contributed by atoms with Crippen molar-refractivity contribution in [2.75, 3.05) is 20.8 Å². The molecular weight excluding hydrogens is 292 g/mol. The van der Waals surface area contributed by atoms with Gasteiger partial charge in [-0.2, -0.15) is 0 Å². The normalized spacial score (nSPS) is 18.0. The SMILES string of the molecule is C=C[C@H](OC)[C@@H](O[Si](C)(C)C(C)(C)C)[C@H](C)C=C(C)COC. The summed E-state index contributed by atoms with van der Waals surface area (Å²) in [5.41, 5.74) is 1.21. The lowest BCUT2D eigenvalue weighted by atomic mass is 9.97. The van der Waals surface area contributed by atoms with Crippen LogP contribution in [-0.2, 0) is 13.9 Å². The molecule has 0 saturated heterocycles. The van der Waals surface area contributed by atoms with E-state index in [0.29, 0.717) is 6.61 Å². The van der Waals surface area contributed by atoms with Gasteiger partial charge in [-0.05, 0) is 25.1 Å². The molecule has 0 bridgehead atoms. The molecule has 0 radical (unpaired) electrons. The Balaban J connectivity index is 5.39. The Labute approximate surface area is 138 Å². The molecule has 22 heavy (non-hydrogen) atoms. The zero-order valence-electron chi connectivity index (χ0n) is 16.0. The maximum absolute atomic E-state index is 6.64. The average Bonchev–Trinajstić information content (AvgIpc) is 2.37. The zero-order valence-corrected chi connectivity index (χ0v) is 17.0. The van der Waals surface area contributed by atoms with Crippen molar-refractivity contribution < 1.29 is 13.9 Å². The summed E-state index contributed by atoms with van der Waals surface area (Å²) in [5, 5.41) is 0.162. The third kappa shape index (κ3) is 6.37. The molecule has 0 heterocycles. The van der Waals surface area contributed by atoms with E-state index >= 15 is 0 Å². The second-order valence-electron chi connectivity index (χ2n) is 7.58. The molecule has 0 fully saturated rings. The van der Waals surface area contributed by atoms with E-state index in [1.165, 1.54) is 5.57 Å². The number of hydrogen-bond acceptors (Lipinski definition) is 3. The Bertz CT molecular complexity index is 369. The fraction of sp³-hybridized carbons (Fsp3) is 0.778. The first-order valence-corrected chi connectivity index (χ1v) is 10.9. The van der Waals surface area contributed by atoms with Crippen LogP contribution < -0.4 is 0 Å². The highest BCUT2D eigenvalue weighted by Gasteiger charge is 2.41. The molecule has 0 N–H and O–H groups in total. The highest BCUT2D eigenvalue weighted by Crippen LogP contribution is 2.39. The molecule has 0 aromatic carbocycles. The van der Waals surface area contributed by atoms with Gasteiger partial charge >= 0.3 is 0 Å². The van der Waals surface area contributed by atoms with Gasteiger partial charge in [0.15, 0.2) is 8.32 Å². The molecule has 0 aliphatic heterocycles. The van der Waals surface area contributed by atoms with Crippen molar-refractivity contribution in [2.45, 2.75) is 65.0 Å². The zero-order chi connectivity index (χ0) is 17.6. The molecule has 0 aliphatic carbocycles. The van der Waals surface area contributed by atoms with E-state index in [4.69, 9.17) is 13.9 Å². The fourth-order valence-electron chi connectivity index (χ4n) is 2.17. The molecule has 0 unspecified atom stereocenters. The highest BCUT2D eigenvalue weighted by molar-refractivity contribution is 6.74. The molecule has 4 heteroatoms. The molecule has 3 nitrogen and oxygen atoms in total. The van der Waals surface area contributed by atoms with Gasteiger partial charge in [-0.15, -0.1) is 6.58 Å². The van der Waals surface area contributed by atoms with Crippen LogP contribution in [0.15, 0.2) is 24.3 Å². The van der Waals surface area contributed by atoms with Crippen LogP contribution in [0.3, 0.4) is 0 Å². The maximum atomic E-state index is 6.64. The first-order chi connectivity index (χ1) is 10.00. The number of ether oxygens (including phenoxy) is 2. The average molecular weight is 329 g/mol. The molecule has 3 atom stereocenters. The van der Waals surface area contributed by atoms with Crippen LogP contribution in [0.2, 0.25) is 18.1 Å². The molecule has 0 aromatic rings. The first kappa shape index (κ1) is 21.6. The Morgan fingerprint density at radius 3 is 2.14 bits per heavy atom. The summed E-state index contributed by atoms with van der Waals surface area (Å²) in [7, 11) is 1.55. The Morgan fingerprint density at radius 1 is 1.23 bits per heavy atom. The van der Waals surface area contributed by atoms with Crippen LogP contribution >= 0.6 is 0 Å². The van der Waals surface area contributed by atoms with Gasteiger partial charge in [0.2, 0.25) is 0 Å². The highest BCUT2D eigenvalue weighted by atomic mass is 28.4. The molecular formula is C18H36O3Si. The van der Waals surface area contributed by atoms with E-state index in [-0.39, 0.29) is 23.2 Å². The Hall–Kier alpha value is -0.423. The van der Waals surface area contributed by atoms with Crippen LogP contribution in [-0.4, -0.2) is 41.4 Å². The van der Waals surface area contributed by atoms with Crippen LogP contribution in [0.4, 0.5) is 0 Å². The lowest BCUT2D eigenvalue weighted by molar-refractivity contribution is 0.00587. The van der Waals surface area contributed by atoms with Gasteiger partial charge in [0.25, 0.3) is 0 Å². The maximum Gasteiger partial charge on any atom is 0.192 e. The van der Waals surface area contributed by atoms with E-state index in [1.54, 1.807) is 14.2 Å². The predicted octanol–water partition coefficient (Wildman–Crippen LogP) is 4.81. The summed E-state index contributed by atoms with van der Waals surface area (Å²) < 4.78 is 17.4. The van der Waals surface area contributed by atoms with Gasteiger partial charge in [0.05, 0.1) is 12.7 Å². The van der Waals surface area contributed by atoms with Gasteiger partial charge in [-0.25, -0.2) is 0 Å². The second-order valence-corrected chi connectivity index (χ2v) is 12.3. The largest absolute Gasteiger partial charge is 0.410 e. The van der Waals surface area contributed by atoms with Gasteiger partial charge in [0, 0.05) is 20.1 Å². The van der Waals surface area contributed by atoms with Crippen molar-refractivity contribution in [1.82, 2.24) is 0 Å². The number of rotatable bonds is 9. The van der Waals surface area contributed by atoms with E-state index in [0.717, 1.165) is 0 Å². The van der Waals surface area contributed by atoms with Gasteiger partial charge in [-0.3, -0.25) is 0 Å². The van der Waals surface area contributed by atoms with Crippen molar-refractivity contribution in [2.24, 2.45) is 5.92 Å². The van der Waals surface area contributed by atoms with Crippen LogP contribution in [0, 0.1) is 5.92 Å². The minimum Gasteiger partial charge on any atom is -0.410 e. The molecule has 0 aromatic heterocycles. The summed E-state index contributed by atoms with van der Waals surface area (Å²) in [4.78, 5) is 0. The Kier molecular flexibility index (Phi) is 8.84. The van der Waals surface area contributed by atoms with E-state index in [1.807, 2.05) is 6.08 Å². The van der Waals surface area contributed by atoms with Crippen LogP contribution in [0.1, 0.15) is 34.6 Å². The minimum absolute atomic E-state index is 0.0322. The van der Waals surface area contributed by atoms with Gasteiger partial charge < -0.3 is 13.9 Å². The summed E-state index contributed by atoms with van der Waals surface area (Å²) in [5.74, 6) is 0.229. The third-order valence-electron chi connectivity index (χ3n) is 4.50. The third-order valence-corrected chi connectivity index (χ3v) is 8.98. The van der Waals surface area contributed by atoms with E-state index < -0.39 is 8.32 Å². The summed E-state index contributed by atoms with van der Waals surface area (Å²) >= 11 is 0. The predicted molar refractivity (Wildman–Crippen MR) is 97.9 cm³/mol. The lowest BCUT2D eigenvalue weighted by Crippen LogP contribution is -2.49. The number of methoxy groups -OCH3 is 2. The molecule has 0 saturated carbocycles. The lowest BCUT2D eigenvalue weighted by Gasteiger charge is -2.42. The van der Waals surface area contributed by atoms with Gasteiger partial charge in [-0.1, -0.05) is 45.4 Å². The van der Waals surface area contributed by atoms with Gasteiger partial charge in [0.1, 0.15) is 6.10 Å². The molecule has 0 spiro atoms. The monoisotopic (exact) mass is 328 g/mol. The summed E-state index contributed by atoms with van der Waals surface area (Å²) in [6.45, 7) is 20.1. The quantitative estimate of drug-likeness (QED) is 0.449. The number of hydrogen-bond donors (Lipinski definition) is 0. The van der Waals surface area contributed by atoms with Crippen molar-refractivity contribution in [1.29, 1.82) is 0 Å². The first-order valence-electron chi connectivity index (χ1n) is 7.99. The second kappa shape index (κ2) is 9.01. The smallest absolute Gasteiger partial charge is 0.192 e.